The fourth-order valence-electron chi connectivity index (χ4n) is 4.84. The quantitative estimate of drug-likeness (QED) is 0.257. The largest absolute Gasteiger partial charge is 0.480 e. The van der Waals surface area contributed by atoms with Crippen molar-refractivity contribution in [3.63, 3.8) is 0 Å². The zero-order chi connectivity index (χ0) is 26.6. The van der Waals surface area contributed by atoms with Gasteiger partial charge in [-0.3, -0.25) is 4.79 Å². The van der Waals surface area contributed by atoms with E-state index in [1.165, 1.54) is 11.1 Å². The molecule has 0 atom stereocenters. The SMILES string of the molecule is CCN(c1ccc(C)cc1)c1ccc(C(C)(C(=O)O)c2ccc(N(CC)c3ccc(C)cc3)cc2)cc1. The maximum atomic E-state index is 12.7. The number of anilines is 4. The molecule has 4 heteroatoms. The summed E-state index contributed by atoms with van der Waals surface area (Å²) < 4.78 is 0. The molecule has 4 aromatic carbocycles. The highest BCUT2D eigenvalue weighted by atomic mass is 16.4. The van der Waals surface area contributed by atoms with Gasteiger partial charge in [0.2, 0.25) is 0 Å². The molecule has 4 aromatic rings. The van der Waals surface area contributed by atoms with Crippen LogP contribution < -0.4 is 9.80 Å². The Labute approximate surface area is 220 Å². The van der Waals surface area contributed by atoms with Crippen LogP contribution in [0, 0.1) is 13.8 Å². The fourth-order valence-corrected chi connectivity index (χ4v) is 4.84. The van der Waals surface area contributed by atoms with Gasteiger partial charge in [0.15, 0.2) is 0 Å². The summed E-state index contributed by atoms with van der Waals surface area (Å²) in [7, 11) is 0. The first kappa shape index (κ1) is 26.0. The van der Waals surface area contributed by atoms with Gasteiger partial charge < -0.3 is 14.9 Å². The number of rotatable bonds is 9. The van der Waals surface area contributed by atoms with Crippen LogP contribution in [0.5, 0.6) is 0 Å². The Morgan fingerprint density at radius 2 is 0.865 bits per heavy atom. The third-order valence-electron chi connectivity index (χ3n) is 7.26. The van der Waals surface area contributed by atoms with E-state index >= 15 is 0 Å². The first-order chi connectivity index (χ1) is 17.8. The van der Waals surface area contributed by atoms with Crippen molar-refractivity contribution >= 4 is 28.7 Å². The van der Waals surface area contributed by atoms with Gasteiger partial charge in [-0.15, -0.1) is 0 Å². The van der Waals surface area contributed by atoms with Crippen LogP contribution in [0.2, 0.25) is 0 Å². The monoisotopic (exact) mass is 492 g/mol. The molecular formula is C33H36N2O2. The minimum atomic E-state index is -1.17. The molecule has 0 aliphatic carbocycles. The topological polar surface area (TPSA) is 43.8 Å². The van der Waals surface area contributed by atoms with Crippen molar-refractivity contribution in [1.82, 2.24) is 0 Å². The van der Waals surface area contributed by atoms with Crippen molar-refractivity contribution in [1.29, 1.82) is 0 Å². The van der Waals surface area contributed by atoms with Gasteiger partial charge in [0, 0.05) is 35.8 Å². The molecule has 0 unspecified atom stereocenters. The summed E-state index contributed by atoms with van der Waals surface area (Å²) in [6, 6.07) is 32.7. The molecule has 0 bridgehead atoms. The number of hydrogen-bond acceptors (Lipinski definition) is 3. The number of aliphatic carboxylic acids is 1. The number of carboxylic acid groups (broad SMARTS) is 1. The lowest BCUT2D eigenvalue weighted by Crippen LogP contribution is -2.33. The fraction of sp³-hybridized carbons (Fsp3) is 0.242. The molecule has 0 aliphatic rings. The van der Waals surface area contributed by atoms with Crippen LogP contribution in [-0.4, -0.2) is 24.2 Å². The first-order valence-corrected chi connectivity index (χ1v) is 12.9. The minimum Gasteiger partial charge on any atom is -0.480 e. The van der Waals surface area contributed by atoms with Gasteiger partial charge >= 0.3 is 5.97 Å². The third-order valence-corrected chi connectivity index (χ3v) is 7.26. The molecular weight excluding hydrogens is 456 g/mol. The van der Waals surface area contributed by atoms with Gasteiger partial charge in [-0.1, -0.05) is 59.7 Å². The summed E-state index contributed by atoms with van der Waals surface area (Å²) in [5.74, 6) is -0.871. The minimum absolute atomic E-state index is 0.752. The Balaban J connectivity index is 1.64. The number of hydrogen-bond donors (Lipinski definition) is 1. The van der Waals surface area contributed by atoms with E-state index in [9.17, 15) is 9.90 Å². The number of nitrogens with zero attached hydrogens (tertiary/aromatic N) is 2. The van der Waals surface area contributed by atoms with Crippen LogP contribution in [0.4, 0.5) is 22.7 Å². The second-order valence-electron chi connectivity index (χ2n) is 9.68. The lowest BCUT2D eigenvalue weighted by Gasteiger charge is -2.29. The van der Waals surface area contributed by atoms with Crippen molar-refractivity contribution in [3.8, 4) is 0 Å². The smallest absolute Gasteiger partial charge is 0.318 e. The van der Waals surface area contributed by atoms with Gasteiger partial charge in [-0.05, 0) is 94.3 Å². The highest BCUT2D eigenvalue weighted by Gasteiger charge is 2.37. The molecule has 0 radical (unpaired) electrons. The first-order valence-electron chi connectivity index (χ1n) is 12.9. The second kappa shape index (κ2) is 10.9. The van der Waals surface area contributed by atoms with Crippen molar-refractivity contribution < 1.29 is 9.90 Å². The Morgan fingerprint density at radius 1 is 0.595 bits per heavy atom. The number of aryl methyl sites for hydroxylation is 2. The number of carbonyl (C=O) groups is 1. The number of carboxylic acids is 1. The van der Waals surface area contributed by atoms with Crippen molar-refractivity contribution in [3.05, 3.63) is 119 Å². The van der Waals surface area contributed by atoms with E-state index in [1.54, 1.807) is 6.92 Å². The number of benzene rings is 4. The molecule has 0 aliphatic heterocycles. The summed E-state index contributed by atoms with van der Waals surface area (Å²) in [5.41, 5.74) is 7.09. The maximum absolute atomic E-state index is 12.7. The summed E-state index contributed by atoms with van der Waals surface area (Å²) in [4.78, 5) is 17.1. The molecule has 0 fully saturated rings. The van der Waals surface area contributed by atoms with Crippen LogP contribution in [-0.2, 0) is 10.2 Å². The molecule has 0 saturated carbocycles. The average molecular weight is 493 g/mol. The van der Waals surface area contributed by atoms with Crippen molar-refractivity contribution in [2.45, 2.75) is 40.0 Å². The van der Waals surface area contributed by atoms with Gasteiger partial charge in [0.1, 0.15) is 5.41 Å². The molecule has 0 amide bonds. The summed E-state index contributed by atoms with van der Waals surface area (Å²) in [6.45, 7) is 11.8. The van der Waals surface area contributed by atoms with Gasteiger partial charge in [0.25, 0.3) is 0 Å². The molecule has 1 N–H and O–H groups in total. The molecule has 190 valence electrons. The summed E-state index contributed by atoms with van der Waals surface area (Å²) in [5, 5.41) is 10.4. The molecule has 0 spiro atoms. The standard InChI is InChI=1S/C33H36N2O2/c1-6-34(28-16-8-24(3)9-17-28)30-20-12-26(13-21-30)33(5,32(36)37)27-14-22-31(23-15-27)35(7-2)29-18-10-25(4)11-19-29/h8-23H,6-7H2,1-5H3,(H,36,37). The molecule has 37 heavy (non-hydrogen) atoms. The van der Waals surface area contributed by atoms with E-state index in [0.717, 1.165) is 47.0 Å². The molecule has 0 saturated heterocycles. The van der Waals surface area contributed by atoms with Crippen LogP contribution >= 0.6 is 0 Å². The lowest BCUT2D eigenvalue weighted by atomic mass is 9.76. The highest BCUT2D eigenvalue weighted by molar-refractivity contribution is 5.86. The summed E-state index contributed by atoms with van der Waals surface area (Å²) >= 11 is 0. The zero-order valence-electron chi connectivity index (χ0n) is 22.4. The van der Waals surface area contributed by atoms with Gasteiger partial charge in [-0.2, -0.15) is 0 Å². The van der Waals surface area contributed by atoms with E-state index in [4.69, 9.17) is 0 Å². The molecule has 0 aromatic heterocycles. The van der Waals surface area contributed by atoms with Crippen LogP contribution in [0.15, 0.2) is 97.1 Å². The lowest BCUT2D eigenvalue weighted by molar-refractivity contribution is -0.141. The van der Waals surface area contributed by atoms with Gasteiger partial charge in [-0.25, -0.2) is 0 Å². The molecule has 4 nitrogen and oxygen atoms in total. The Morgan fingerprint density at radius 3 is 1.11 bits per heavy atom. The van der Waals surface area contributed by atoms with E-state index in [-0.39, 0.29) is 0 Å². The zero-order valence-corrected chi connectivity index (χ0v) is 22.4. The van der Waals surface area contributed by atoms with Crippen LogP contribution in [0.1, 0.15) is 43.0 Å². The molecule has 0 heterocycles. The van der Waals surface area contributed by atoms with Crippen LogP contribution in [0.25, 0.3) is 0 Å². The van der Waals surface area contributed by atoms with E-state index in [0.29, 0.717) is 0 Å². The van der Waals surface area contributed by atoms with E-state index in [1.807, 2.05) is 48.5 Å². The second-order valence-corrected chi connectivity index (χ2v) is 9.68. The van der Waals surface area contributed by atoms with Crippen molar-refractivity contribution in [2.24, 2.45) is 0 Å². The Kier molecular flexibility index (Phi) is 7.68. The third kappa shape index (κ3) is 5.24. The maximum Gasteiger partial charge on any atom is 0.318 e. The van der Waals surface area contributed by atoms with E-state index in [2.05, 4.69) is 86.0 Å². The summed E-state index contributed by atoms with van der Waals surface area (Å²) in [6.07, 6.45) is 0. The normalized spacial score (nSPS) is 11.3. The average Bonchev–Trinajstić information content (AvgIpc) is 2.92. The van der Waals surface area contributed by atoms with Crippen LogP contribution in [0.3, 0.4) is 0 Å². The molecule has 4 rings (SSSR count). The Bertz CT molecular complexity index is 1230. The Hall–Kier alpha value is -4.05. The van der Waals surface area contributed by atoms with E-state index < -0.39 is 11.4 Å². The highest BCUT2D eigenvalue weighted by Crippen LogP contribution is 2.36. The van der Waals surface area contributed by atoms with Gasteiger partial charge in [0.05, 0.1) is 0 Å². The predicted octanol–water partition coefficient (Wildman–Crippen LogP) is 8.01. The predicted molar refractivity (Wildman–Crippen MR) is 155 cm³/mol. The van der Waals surface area contributed by atoms with Crippen molar-refractivity contribution in [2.75, 3.05) is 22.9 Å².